The molecule has 2 N–H and O–H groups in total. The molecule has 0 saturated heterocycles. The second-order valence-electron chi connectivity index (χ2n) is 3.48. The Bertz CT molecular complexity index is 514. The van der Waals surface area contributed by atoms with Crippen molar-refractivity contribution in [3.05, 3.63) is 26.7 Å². The van der Waals surface area contributed by atoms with Crippen LogP contribution in [0.4, 0.5) is 0 Å². The van der Waals surface area contributed by atoms with E-state index in [4.69, 9.17) is 28.9 Å². The minimum absolute atomic E-state index is 0.0793. The van der Waals surface area contributed by atoms with Crippen LogP contribution in [0.1, 0.15) is 6.92 Å². The second kappa shape index (κ2) is 6.54. The van der Waals surface area contributed by atoms with Gasteiger partial charge in [0.1, 0.15) is 4.90 Å². The first-order valence-corrected chi connectivity index (χ1v) is 8.18. The van der Waals surface area contributed by atoms with Gasteiger partial charge < -0.3 is 5.73 Å². The lowest BCUT2D eigenvalue weighted by molar-refractivity contribution is 0.435. The van der Waals surface area contributed by atoms with E-state index in [1.54, 1.807) is 6.92 Å². The number of halogens is 3. The Kier molecular flexibility index (Phi) is 5.89. The number of benzene rings is 1. The van der Waals surface area contributed by atoms with Crippen LogP contribution >= 0.6 is 39.1 Å². The standard InChI is InChI=1S/C10H13BrCl2N2O2S/c1-2-15(4-3-14)18(16,17)10-8(12)5-7(11)6-9(10)13/h5-6H,2-4,14H2,1H3. The Hall–Kier alpha value is 0.150. The van der Waals surface area contributed by atoms with Gasteiger partial charge in [-0.15, -0.1) is 0 Å². The van der Waals surface area contributed by atoms with E-state index in [-0.39, 0.29) is 28.0 Å². The number of hydrogen-bond donors (Lipinski definition) is 1. The first kappa shape index (κ1) is 16.2. The number of nitrogens with two attached hydrogens (primary N) is 1. The van der Waals surface area contributed by atoms with Gasteiger partial charge in [-0.1, -0.05) is 46.1 Å². The van der Waals surface area contributed by atoms with Gasteiger partial charge >= 0.3 is 0 Å². The zero-order valence-corrected chi connectivity index (χ0v) is 13.6. The van der Waals surface area contributed by atoms with Crippen LogP contribution in [0, 0.1) is 0 Å². The van der Waals surface area contributed by atoms with Crippen LogP contribution in [-0.2, 0) is 10.0 Å². The van der Waals surface area contributed by atoms with Gasteiger partial charge in [0.05, 0.1) is 10.0 Å². The molecule has 8 heteroatoms. The predicted molar refractivity (Wildman–Crippen MR) is 77.6 cm³/mol. The maximum absolute atomic E-state index is 12.4. The fourth-order valence-corrected chi connectivity index (χ4v) is 4.84. The minimum atomic E-state index is -3.72. The largest absolute Gasteiger partial charge is 0.329 e. The van der Waals surface area contributed by atoms with Crippen molar-refractivity contribution in [1.29, 1.82) is 0 Å². The van der Waals surface area contributed by atoms with Crippen molar-refractivity contribution >= 4 is 49.2 Å². The predicted octanol–water partition coefficient (Wildman–Crippen LogP) is 2.73. The maximum atomic E-state index is 12.4. The summed E-state index contributed by atoms with van der Waals surface area (Å²) in [4.78, 5) is -0.0793. The molecule has 102 valence electrons. The molecular formula is C10H13BrCl2N2O2S. The summed E-state index contributed by atoms with van der Waals surface area (Å²) in [5.74, 6) is 0. The Morgan fingerprint density at radius 3 is 2.22 bits per heavy atom. The van der Waals surface area contributed by atoms with Crippen LogP contribution < -0.4 is 5.73 Å². The maximum Gasteiger partial charge on any atom is 0.246 e. The molecule has 0 aromatic heterocycles. The highest BCUT2D eigenvalue weighted by Gasteiger charge is 2.28. The molecule has 0 heterocycles. The van der Waals surface area contributed by atoms with Gasteiger partial charge in [0, 0.05) is 24.1 Å². The summed E-state index contributed by atoms with van der Waals surface area (Å²) in [5, 5.41) is 0.176. The first-order chi connectivity index (χ1) is 8.34. The minimum Gasteiger partial charge on any atom is -0.329 e. The summed E-state index contributed by atoms with van der Waals surface area (Å²) >= 11 is 15.1. The van der Waals surface area contributed by atoms with Gasteiger partial charge in [-0.25, -0.2) is 8.42 Å². The van der Waals surface area contributed by atoms with Crippen molar-refractivity contribution in [1.82, 2.24) is 4.31 Å². The number of likely N-dealkylation sites (N-methyl/N-ethyl adjacent to an activating group) is 1. The smallest absolute Gasteiger partial charge is 0.246 e. The molecule has 0 saturated carbocycles. The van der Waals surface area contributed by atoms with E-state index in [1.807, 2.05) is 0 Å². The third-order valence-electron chi connectivity index (χ3n) is 2.29. The molecule has 0 fully saturated rings. The first-order valence-electron chi connectivity index (χ1n) is 5.19. The summed E-state index contributed by atoms with van der Waals surface area (Å²) in [6, 6.07) is 2.99. The molecule has 1 rings (SSSR count). The molecule has 0 spiro atoms. The number of hydrogen-bond acceptors (Lipinski definition) is 3. The Labute approximate surface area is 125 Å². The molecule has 0 aliphatic rings. The Balaban J connectivity index is 3.36. The van der Waals surface area contributed by atoms with E-state index in [0.717, 1.165) is 0 Å². The molecular weight excluding hydrogens is 363 g/mol. The fraction of sp³-hybridized carbons (Fsp3) is 0.400. The summed E-state index contributed by atoms with van der Waals surface area (Å²) in [6.07, 6.45) is 0. The highest BCUT2D eigenvalue weighted by molar-refractivity contribution is 9.10. The second-order valence-corrected chi connectivity index (χ2v) is 7.09. The van der Waals surface area contributed by atoms with Crippen molar-refractivity contribution in [2.75, 3.05) is 19.6 Å². The van der Waals surface area contributed by atoms with Crippen LogP contribution in [0.2, 0.25) is 10.0 Å². The van der Waals surface area contributed by atoms with E-state index < -0.39 is 10.0 Å². The van der Waals surface area contributed by atoms with Crippen LogP contribution in [-0.4, -0.2) is 32.4 Å². The summed E-state index contributed by atoms with van der Waals surface area (Å²) in [5.41, 5.74) is 5.40. The van der Waals surface area contributed by atoms with Crippen molar-refractivity contribution in [3.8, 4) is 0 Å². The molecule has 0 bridgehead atoms. The molecule has 0 unspecified atom stereocenters. The summed E-state index contributed by atoms with van der Waals surface area (Å²) in [7, 11) is -3.72. The lowest BCUT2D eigenvalue weighted by Crippen LogP contribution is -2.35. The summed E-state index contributed by atoms with van der Waals surface area (Å²) < 4.78 is 26.7. The molecule has 0 radical (unpaired) electrons. The Morgan fingerprint density at radius 1 is 1.33 bits per heavy atom. The topological polar surface area (TPSA) is 63.4 Å². The van der Waals surface area contributed by atoms with Crippen LogP contribution in [0.25, 0.3) is 0 Å². The average molecular weight is 376 g/mol. The molecule has 1 aromatic carbocycles. The normalized spacial score (nSPS) is 12.1. The van der Waals surface area contributed by atoms with Gasteiger partial charge in [-0.3, -0.25) is 0 Å². The zero-order chi connectivity index (χ0) is 13.9. The highest BCUT2D eigenvalue weighted by Crippen LogP contribution is 2.34. The van der Waals surface area contributed by atoms with Gasteiger partial charge in [-0.2, -0.15) is 4.31 Å². The van der Waals surface area contributed by atoms with Gasteiger partial charge in [0.2, 0.25) is 10.0 Å². The molecule has 1 aromatic rings. The lowest BCUT2D eigenvalue weighted by Gasteiger charge is -2.21. The van der Waals surface area contributed by atoms with E-state index in [9.17, 15) is 8.42 Å². The lowest BCUT2D eigenvalue weighted by atomic mass is 10.4. The van der Waals surface area contributed by atoms with Gasteiger partial charge in [0.15, 0.2) is 0 Å². The van der Waals surface area contributed by atoms with E-state index in [2.05, 4.69) is 15.9 Å². The molecule has 4 nitrogen and oxygen atoms in total. The zero-order valence-electron chi connectivity index (χ0n) is 9.66. The third kappa shape index (κ3) is 3.37. The SMILES string of the molecule is CCN(CCN)S(=O)(=O)c1c(Cl)cc(Br)cc1Cl. The van der Waals surface area contributed by atoms with Crippen LogP contribution in [0.5, 0.6) is 0 Å². The molecule has 0 atom stereocenters. The van der Waals surface area contributed by atoms with Crippen molar-refractivity contribution < 1.29 is 8.42 Å². The highest BCUT2D eigenvalue weighted by atomic mass is 79.9. The van der Waals surface area contributed by atoms with Gasteiger partial charge in [0.25, 0.3) is 0 Å². The van der Waals surface area contributed by atoms with E-state index in [1.165, 1.54) is 16.4 Å². The average Bonchev–Trinajstić information content (AvgIpc) is 2.23. The molecule has 0 aliphatic heterocycles. The number of rotatable bonds is 5. The van der Waals surface area contributed by atoms with E-state index in [0.29, 0.717) is 11.0 Å². The van der Waals surface area contributed by atoms with Gasteiger partial charge in [-0.05, 0) is 12.1 Å². The van der Waals surface area contributed by atoms with Crippen molar-refractivity contribution in [3.63, 3.8) is 0 Å². The van der Waals surface area contributed by atoms with Crippen molar-refractivity contribution in [2.45, 2.75) is 11.8 Å². The fourth-order valence-electron chi connectivity index (χ4n) is 1.50. The molecule has 0 aliphatic carbocycles. The number of sulfonamides is 1. The summed E-state index contributed by atoms with van der Waals surface area (Å²) in [6.45, 7) is 2.50. The molecule has 18 heavy (non-hydrogen) atoms. The number of nitrogens with zero attached hydrogens (tertiary/aromatic N) is 1. The quantitative estimate of drug-likeness (QED) is 0.860. The monoisotopic (exact) mass is 374 g/mol. The molecule has 0 amide bonds. The van der Waals surface area contributed by atoms with Crippen LogP contribution in [0.3, 0.4) is 0 Å². The third-order valence-corrected chi connectivity index (χ3v) is 5.65. The Morgan fingerprint density at radius 2 is 1.83 bits per heavy atom. The van der Waals surface area contributed by atoms with Crippen LogP contribution in [0.15, 0.2) is 21.5 Å². The van der Waals surface area contributed by atoms with E-state index >= 15 is 0 Å². The van der Waals surface area contributed by atoms with Crippen molar-refractivity contribution in [2.24, 2.45) is 5.73 Å².